The second-order valence-corrected chi connectivity index (χ2v) is 6.81. The van der Waals surface area contributed by atoms with Crippen LogP contribution in [0.1, 0.15) is 56.7 Å². The van der Waals surface area contributed by atoms with Crippen molar-refractivity contribution >= 4 is 17.6 Å². The quantitative estimate of drug-likeness (QED) is 0.742. The molecule has 27 heavy (non-hydrogen) atoms. The number of amides is 2. The molecule has 0 bridgehead atoms. The number of fused-ring (bicyclic) bond motifs is 1. The van der Waals surface area contributed by atoms with Crippen molar-refractivity contribution in [2.75, 3.05) is 7.05 Å². The van der Waals surface area contributed by atoms with Crippen molar-refractivity contribution in [1.29, 1.82) is 0 Å². The van der Waals surface area contributed by atoms with E-state index in [2.05, 4.69) is 10.6 Å². The second-order valence-electron chi connectivity index (χ2n) is 6.81. The molecule has 0 unspecified atom stereocenters. The van der Waals surface area contributed by atoms with Gasteiger partial charge in [-0.2, -0.15) is 0 Å². The van der Waals surface area contributed by atoms with E-state index in [0.717, 1.165) is 24.8 Å². The minimum absolute atomic E-state index is 0.00906. The molecule has 2 aromatic rings. The molecule has 0 saturated heterocycles. The van der Waals surface area contributed by atoms with Gasteiger partial charge in [0.05, 0.1) is 0 Å². The first kappa shape index (κ1) is 18.8. The van der Waals surface area contributed by atoms with Crippen molar-refractivity contribution < 1.29 is 14.4 Å². The van der Waals surface area contributed by atoms with Crippen molar-refractivity contribution in [3.63, 3.8) is 0 Å². The maximum absolute atomic E-state index is 12.3. The number of nitrogens with one attached hydrogen (secondary N) is 2. The predicted octanol–water partition coefficient (Wildman–Crippen LogP) is 2.81. The third-order valence-corrected chi connectivity index (χ3v) is 4.93. The molecule has 0 aromatic heterocycles. The molecule has 0 heterocycles. The first-order chi connectivity index (χ1) is 13.1. The van der Waals surface area contributed by atoms with Crippen LogP contribution in [0, 0.1) is 0 Å². The van der Waals surface area contributed by atoms with Gasteiger partial charge >= 0.3 is 0 Å². The van der Waals surface area contributed by atoms with Gasteiger partial charge in [0.1, 0.15) is 0 Å². The zero-order chi connectivity index (χ0) is 19.2. The summed E-state index contributed by atoms with van der Waals surface area (Å²) >= 11 is 0. The molecule has 1 aliphatic rings. The summed E-state index contributed by atoms with van der Waals surface area (Å²) in [6.45, 7) is 0.375. The maximum atomic E-state index is 12.3. The topological polar surface area (TPSA) is 75.3 Å². The van der Waals surface area contributed by atoms with E-state index in [-0.39, 0.29) is 30.4 Å². The van der Waals surface area contributed by atoms with E-state index < -0.39 is 0 Å². The molecule has 140 valence electrons. The fourth-order valence-corrected chi connectivity index (χ4v) is 3.32. The van der Waals surface area contributed by atoms with Crippen molar-refractivity contribution in [1.82, 2.24) is 10.6 Å². The number of Topliss-reactive ketones (excluding diaryl/α,β-unsaturated/α-hetero) is 1. The Kier molecular flexibility index (Phi) is 6.01. The maximum Gasteiger partial charge on any atom is 0.251 e. The summed E-state index contributed by atoms with van der Waals surface area (Å²) in [6, 6.07) is 12.9. The Morgan fingerprint density at radius 1 is 0.889 bits per heavy atom. The summed E-state index contributed by atoms with van der Waals surface area (Å²) in [7, 11) is 1.58. The highest BCUT2D eigenvalue weighted by molar-refractivity contribution is 5.98. The van der Waals surface area contributed by atoms with E-state index in [4.69, 9.17) is 0 Å². The van der Waals surface area contributed by atoms with Gasteiger partial charge in [0.25, 0.3) is 5.91 Å². The van der Waals surface area contributed by atoms with Crippen molar-refractivity contribution in [3.05, 3.63) is 70.3 Å². The molecule has 5 nitrogen and oxygen atoms in total. The Morgan fingerprint density at radius 3 is 2.33 bits per heavy atom. The van der Waals surface area contributed by atoms with E-state index in [1.165, 1.54) is 11.1 Å². The molecular weight excluding hydrogens is 340 g/mol. The molecule has 0 fully saturated rings. The first-order valence-electron chi connectivity index (χ1n) is 9.29. The van der Waals surface area contributed by atoms with Gasteiger partial charge in [-0.1, -0.05) is 24.3 Å². The number of carbonyl (C=O) groups excluding carboxylic acids is 3. The van der Waals surface area contributed by atoms with Crippen LogP contribution in [0.3, 0.4) is 0 Å². The summed E-state index contributed by atoms with van der Waals surface area (Å²) in [4.78, 5) is 35.9. The average molecular weight is 364 g/mol. The van der Waals surface area contributed by atoms with Crippen LogP contribution in [0.2, 0.25) is 0 Å². The zero-order valence-electron chi connectivity index (χ0n) is 15.5. The lowest BCUT2D eigenvalue weighted by Crippen LogP contribution is -2.23. The lowest BCUT2D eigenvalue weighted by molar-refractivity contribution is -0.121. The Morgan fingerprint density at radius 2 is 1.59 bits per heavy atom. The molecule has 0 aliphatic heterocycles. The number of benzene rings is 2. The Hall–Kier alpha value is -2.95. The Labute approximate surface area is 159 Å². The average Bonchev–Trinajstić information content (AvgIpc) is 3.18. The molecule has 0 atom stereocenters. The van der Waals surface area contributed by atoms with Gasteiger partial charge in [0.15, 0.2) is 5.78 Å². The van der Waals surface area contributed by atoms with Crippen LogP contribution in [0.5, 0.6) is 0 Å². The summed E-state index contributed by atoms with van der Waals surface area (Å²) in [5.41, 5.74) is 4.79. The second kappa shape index (κ2) is 8.62. The number of carbonyl (C=O) groups is 3. The van der Waals surface area contributed by atoms with Gasteiger partial charge in [-0.3, -0.25) is 14.4 Å². The van der Waals surface area contributed by atoms with E-state index in [0.29, 0.717) is 17.7 Å². The normalized spacial score (nSPS) is 12.3. The highest BCUT2D eigenvalue weighted by atomic mass is 16.2. The van der Waals surface area contributed by atoms with Gasteiger partial charge in [0.2, 0.25) is 5.91 Å². The molecule has 3 rings (SSSR count). The Balaban J connectivity index is 1.45. The molecule has 0 radical (unpaired) electrons. The lowest BCUT2D eigenvalue weighted by Gasteiger charge is -2.07. The van der Waals surface area contributed by atoms with Crippen LogP contribution < -0.4 is 10.6 Å². The van der Waals surface area contributed by atoms with E-state index in [1.54, 1.807) is 31.3 Å². The fraction of sp³-hybridized carbons (Fsp3) is 0.318. The van der Waals surface area contributed by atoms with Crippen molar-refractivity contribution in [2.45, 2.75) is 38.6 Å². The molecular formula is C22H24N2O3. The van der Waals surface area contributed by atoms with Crippen LogP contribution in [-0.2, 0) is 24.2 Å². The highest BCUT2D eigenvalue weighted by Gasteiger charge is 2.15. The van der Waals surface area contributed by atoms with Crippen LogP contribution >= 0.6 is 0 Å². The van der Waals surface area contributed by atoms with Crippen LogP contribution in [-0.4, -0.2) is 24.6 Å². The third-order valence-electron chi connectivity index (χ3n) is 4.93. The van der Waals surface area contributed by atoms with Crippen LogP contribution in [0.15, 0.2) is 42.5 Å². The molecule has 5 heteroatoms. The smallest absolute Gasteiger partial charge is 0.251 e. The molecule has 2 amide bonds. The molecule has 0 spiro atoms. The summed E-state index contributed by atoms with van der Waals surface area (Å²) in [5.74, 6) is -0.287. The number of hydrogen-bond donors (Lipinski definition) is 2. The fourth-order valence-electron chi connectivity index (χ4n) is 3.32. The van der Waals surface area contributed by atoms with Gasteiger partial charge in [-0.25, -0.2) is 0 Å². The van der Waals surface area contributed by atoms with Gasteiger partial charge in [-0.05, 0) is 54.2 Å². The number of ketones is 1. The molecule has 2 N–H and O–H groups in total. The van der Waals surface area contributed by atoms with Crippen LogP contribution in [0.4, 0.5) is 0 Å². The summed E-state index contributed by atoms with van der Waals surface area (Å²) in [5, 5.41) is 5.38. The van der Waals surface area contributed by atoms with E-state index >= 15 is 0 Å². The SMILES string of the molecule is CNC(=O)c1ccc(CNC(=O)CCC(=O)c2ccc3c(c2)CCC3)cc1. The number of rotatable bonds is 7. The van der Waals surface area contributed by atoms with Crippen LogP contribution in [0.25, 0.3) is 0 Å². The largest absolute Gasteiger partial charge is 0.355 e. The lowest BCUT2D eigenvalue weighted by atomic mass is 10.0. The zero-order valence-corrected chi connectivity index (χ0v) is 15.5. The summed E-state index contributed by atoms with van der Waals surface area (Å²) < 4.78 is 0. The molecule has 1 aliphatic carbocycles. The number of hydrogen-bond acceptors (Lipinski definition) is 3. The minimum Gasteiger partial charge on any atom is -0.355 e. The standard InChI is InChI=1S/C22H24N2O3/c1-23-22(27)17-7-5-15(6-8-17)14-24-21(26)12-11-20(25)19-10-9-16-3-2-4-18(16)13-19/h5-10,13H,2-4,11-12,14H2,1H3,(H,23,27)(H,24,26). The van der Waals surface area contributed by atoms with E-state index in [9.17, 15) is 14.4 Å². The predicted molar refractivity (Wildman–Crippen MR) is 104 cm³/mol. The third kappa shape index (κ3) is 4.82. The first-order valence-corrected chi connectivity index (χ1v) is 9.29. The Bertz CT molecular complexity index is 856. The van der Waals surface area contributed by atoms with E-state index in [1.807, 2.05) is 18.2 Å². The van der Waals surface area contributed by atoms with Crippen molar-refractivity contribution in [2.24, 2.45) is 0 Å². The minimum atomic E-state index is -0.153. The molecule has 2 aromatic carbocycles. The monoisotopic (exact) mass is 364 g/mol. The molecule has 0 saturated carbocycles. The summed E-state index contributed by atoms with van der Waals surface area (Å²) in [6.07, 6.45) is 3.66. The highest BCUT2D eigenvalue weighted by Crippen LogP contribution is 2.23. The van der Waals surface area contributed by atoms with Gasteiger partial charge < -0.3 is 10.6 Å². The van der Waals surface area contributed by atoms with Gasteiger partial charge in [-0.15, -0.1) is 0 Å². The van der Waals surface area contributed by atoms with Gasteiger partial charge in [0, 0.05) is 37.6 Å². The number of aryl methyl sites for hydroxylation is 2. The van der Waals surface area contributed by atoms with Crippen molar-refractivity contribution in [3.8, 4) is 0 Å².